The van der Waals surface area contributed by atoms with E-state index in [0.717, 1.165) is 0 Å². The predicted octanol–water partition coefficient (Wildman–Crippen LogP) is 3.82. The second kappa shape index (κ2) is 9.23. The zero-order chi connectivity index (χ0) is 11.8. The van der Waals surface area contributed by atoms with Crippen molar-refractivity contribution < 1.29 is 17.1 Å². The van der Waals surface area contributed by atoms with E-state index in [1.165, 1.54) is 12.0 Å². The standard InChI is InChI=1S/C10H16N.C5H5.Fe/c1-4-10(11(2)3)9-7-5-6-8-9;1-2-4-5-3-1;/h5-8,10H,4H2,1-3H3;1-5H;/q-1;-5;. The number of hydrogen-bond donors (Lipinski definition) is 0. The van der Waals surface area contributed by atoms with Gasteiger partial charge in [0.25, 0.3) is 0 Å². The Hall–Kier alpha value is -0.821. The van der Waals surface area contributed by atoms with Crippen molar-refractivity contribution in [2.45, 2.75) is 19.4 Å². The Morgan fingerprint density at radius 2 is 1.41 bits per heavy atom. The minimum atomic E-state index is 0. The second-order valence-electron chi connectivity index (χ2n) is 4.07. The van der Waals surface area contributed by atoms with Crippen molar-refractivity contribution in [2.24, 2.45) is 0 Å². The summed E-state index contributed by atoms with van der Waals surface area (Å²) in [5.41, 5.74) is 1.43. The molecule has 0 radical (unpaired) electrons. The van der Waals surface area contributed by atoms with Crippen molar-refractivity contribution in [3.8, 4) is 0 Å². The monoisotopic (exact) mass is 271 g/mol. The average molecular weight is 271 g/mol. The summed E-state index contributed by atoms with van der Waals surface area (Å²) in [6, 6.07) is 19.2. The Labute approximate surface area is 116 Å². The van der Waals surface area contributed by atoms with Gasteiger partial charge in [-0.25, -0.2) is 12.1 Å². The summed E-state index contributed by atoms with van der Waals surface area (Å²) in [5.74, 6) is 0. The molecule has 100 valence electrons. The summed E-state index contributed by atoms with van der Waals surface area (Å²) in [6.07, 6.45) is 1.18. The first-order valence-corrected chi connectivity index (χ1v) is 5.80. The third-order valence-corrected chi connectivity index (χ3v) is 2.64. The van der Waals surface area contributed by atoms with Gasteiger partial charge in [-0.05, 0) is 26.6 Å². The van der Waals surface area contributed by atoms with E-state index in [1.54, 1.807) is 0 Å². The quantitative estimate of drug-likeness (QED) is 0.606. The second-order valence-corrected chi connectivity index (χ2v) is 4.07. The van der Waals surface area contributed by atoms with E-state index in [1.807, 2.05) is 30.3 Å². The summed E-state index contributed by atoms with van der Waals surface area (Å²) in [4.78, 5) is 2.26. The van der Waals surface area contributed by atoms with Crippen molar-refractivity contribution in [3.63, 3.8) is 0 Å². The van der Waals surface area contributed by atoms with Crippen LogP contribution in [0.25, 0.3) is 0 Å². The Balaban J connectivity index is 0.000000360. The largest absolute Gasteiger partial charge is 0.748 e. The molecule has 17 heavy (non-hydrogen) atoms. The Morgan fingerprint density at radius 1 is 1.00 bits per heavy atom. The van der Waals surface area contributed by atoms with Gasteiger partial charge in [0.2, 0.25) is 0 Å². The third kappa shape index (κ3) is 5.88. The minimum absolute atomic E-state index is 0. The van der Waals surface area contributed by atoms with Crippen LogP contribution in [0.1, 0.15) is 24.9 Å². The Kier molecular flexibility index (Phi) is 8.79. The molecule has 1 unspecified atom stereocenters. The van der Waals surface area contributed by atoms with Crippen LogP contribution >= 0.6 is 0 Å². The van der Waals surface area contributed by atoms with E-state index in [2.05, 4.69) is 50.2 Å². The van der Waals surface area contributed by atoms with Crippen LogP contribution < -0.4 is 0 Å². The molecule has 0 aromatic heterocycles. The van der Waals surface area contributed by atoms with Gasteiger partial charge >= 0.3 is 0 Å². The van der Waals surface area contributed by atoms with Crippen LogP contribution in [-0.4, -0.2) is 19.0 Å². The summed E-state index contributed by atoms with van der Waals surface area (Å²) in [5, 5.41) is 0. The van der Waals surface area contributed by atoms with Gasteiger partial charge in [0.05, 0.1) is 0 Å². The first kappa shape index (κ1) is 16.2. The maximum atomic E-state index is 2.26. The topological polar surface area (TPSA) is 3.24 Å². The molecule has 0 heterocycles. The smallest absolute Gasteiger partial charge is 0 e. The number of hydrogen-bond acceptors (Lipinski definition) is 1. The number of rotatable bonds is 3. The van der Waals surface area contributed by atoms with E-state index < -0.39 is 0 Å². The average Bonchev–Trinajstić information content (AvgIpc) is 2.94. The van der Waals surface area contributed by atoms with Gasteiger partial charge in [-0.2, -0.15) is 12.1 Å². The molecule has 0 aliphatic rings. The van der Waals surface area contributed by atoms with E-state index >= 15 is 0 Å². The summed E-state index contributed by atoms with van der Waals surface area (Å²) in [7, 11) is 4.25. The fraction of sp³-hybridized carbons (Fsp3) is 0.333. The molecule has 0 fully saturated rings. The van der Waals surface area contributed by atoms with Gasteiger partial charge in [-0.15, -0.1) is 5.56 Å². The molecular formula is C15H21FeN-6. The molecule has 2 rings (SSSR count). The zero-order valence-electron chi connectivity index (χ0n) is 10.8. The molecule has 2 aromatic carbocycles. The molecular weight excluding hydrogens is 250 g/mol. The van der Waals surface area contributed by atoms with Gasteiger partial charge in [0.15, 0.2) is 0 Å². The minimum Gasteiger partial charge on any atom is -0.748 e. The molecule has 0 aliphatic carbocycles. The van der Waals surface area contributed by atoms with Crippen LogP contribution in [0, 0.1) is 0 Å². The van der Waals surface area contributed by atoms with Gasteiger partial charge < -0.3 is 35.2 Å². The van der Waals surface area contributed by atoms with Crippen LogP contribution in [0.3, 0.4) is 0 Å². The molecule has 0 N–H and O–H groups in total. The van der Waals surface area contributed by atoms with E-state index in [9.17, 15) is 0 Å². The maximum Gasteiger partial charge on any atom is 0 e. The first-order chi connectivity index (χ1) is 7.75. The molecule has 1 nitrogen and oxygen atoms in total. The molecule has 0 spiro atoms. The summed E-state index contributed by atoms with van der Waals surface area (Å²) >= 11 is 0. The Morgan fingerprint density at radius 3 is 1.71 bits per heavy atom. The van der Waals surface area contributed by atoms with Crippen molar-refractivity contribution in [1.82, 2.24) is 4.90 Å². The van der Waals surface area contributed by atoms with E-state index in [0.29, 0.717) is 6.04 Å². The van der Waals surface area contributed by atoms with E-state index in [-0.39, 0.29) is 17.1 Å². The van der Waals surface area contributed by atoms with E-state index in [4.69, 9.17) is 0 Å². The molecule has 1 atom stereocenters. The van der Waals surface area contributed by atoms with Gasteiger partial charge in [-0.3, -0.25) is 0 Å². The molecule has 0 saturated heterocycles. The van der Waals surface area contributed by atoms with Crippen molar-refractivity contribution in [3.05, 3.63) is 60.2 Å². The summed E-state index contributed by atoms with van der Waals surface area (Å²) in [6.45, 7) is 2.22. The SMILES string of the molecule is CCC([c-]1cccc1)N(C)C.[Fe].[cH-]1[cH-][cH-][cH-][cH-]1. The molecule has 0 aliphatic heterocycles. The fourth-order valence-corrected chi connectivity index (χ4v) is 1.83. The van der Waals surface area contributed by atoms with Crippen LogP contribution in [0.15, 0.2) is 54.6 Å². The maximum absolute atomic E-state index is 2.26. The fourth-order valence-electron chi connectivity index (χ4n) is 1.83. The van der Waals surface area contributed by atoms with Gasteiger partial charge in [0, 0.05) is 17.1 Å². The predicted molar refractivity (Wildman–Crippen MR) is 70.8 cm³/mol. The van der Waals surface area contributed by atoms with Gasteiger partial charge in [-0.1, -0.05) is 6.92 Å². The first-order valence-electron chi connectivity index (χ1n) is 5.80. The van der Waals surface area contributed by atoms with Gasteiger partial charge in [0.1, 0.15) is 0 Å². The number of nitrogens with zero attached hydrogens (tertiary/aromatic N) is 1. The van der Waals surface area contributed by atoms with Crippen LogP contribution in [0.2, 0.25) is 0 Å². The molecule has 2 heteroatoms. The van der Waals surface area contributed by atoms with Crippen molar-refractivity contribution in [1.29, 1.82) is 0 Å². The molecule has 0 amide bonds. The van der Waals surface area contributed by atoms with Crippen molar-refractivity contribution >= 4 is 0 Å². The zero-order valence-corrected chi connectivity index (χ0v) is 11.9. The molecule has 2 aromatic rings. The van der Waals surface area contributed by atoms with Crippen LogP contribution in [-0.2, 0) is 17.1 Å². The van der Waals surface area contributed by atoms with Crippen molar-refractivity contribution in [2.75, 3.05) is 14.1 Å². The molecule has 0 saturated carbocycles. The van der Waals surface area contributed by atoms with Crippen LogP contribution in [0.5, 0.6) is 0 Å². The normalized spacial score (nSPS) is 11.3. The molecule has 0 bridgehead atoms. The summed E-state index contributed by atoms with van der Waals surface area (Å²) < 4.78 is 0. The van der Waals surface area contributed by atoms with Crippen LogP contribution in [0.4, 0.5) is 0 Å². The Bertz CT molecular complexity index is 318. The third-order valence-electron chi connectivity index (χ3n) is 2.64.